The maximum atomic E-state index is 13.2. The second kappa shape index (κ2) is 6.52. The molecule has 0 aliphatic carbocycles. The van der Waals surface area contributed by atoms with Gasteiger partial charge < -0.3 is 9.47 Å². The molecule has 0 saturated heterocycles. The number of ether oxygens (including phenoxy) is 2. The summed E-state index contributed by atoms with van der Waals surface area (Å²) in [6.45, 7) is -0.466. The Labute approximate surface area is 146 Å². The van der Waals surface area contributed by atoms with Crippen molar-refractivity contribution in [1.82, 2.24) is 4.90 Å². The minimum Gasteiger partial charge on any atom is -0.468 e. The fourth-order valence-electron chi connectivity index (χ4n) is 2.35. The average molecular weight is 364 g/mol. The number of halogens is 2. The molecule has 0 radical (unpaired) electrons. The molecule has 1 aliphatic heterocycles. The standard InChI is InChI=1S/C17H11ClFNO5/c1-24-15(21)8-20-16(22)11-4-2-9(6-12(11)17(20)23)25-10-3-5-14(19)13(18)7-10/h2-7H,8H2,1H3. The summed E-state index contributed by atoms with van der Waals surface area (Å²) in [6, 6.07) is 8.11. The fourth-order valence-corrected chi connectivity index (χ4v) is 2.52. The summed E-state index contributed by atoms with van der Waals surface area (Å²) in [5.41, 5.74) is 0.276. The van der Waals surface area contributed by atoms with Crippen LogP contribution in [0.5, 0.6) is 11.5 Å². The number of carbonyl (C=O) groups is 3. The number of hydrogen-bond acceptors (Lipinski definition) is 5. The van der Waals surface area contributed by atoms with Crippen LogP contribution in [-0.4, -0.2) is 36.3 Å². The number of rotatable bonds is 4. The topological polar surface area (TPSA) is 72.9 Å². The number of methoxy groups -OCH3 is 1. The third-order valence-electron chi connectivity index (χ3n) is 3.58. The van der Waals surface area contributed by atoms with E-state index in [0.29, 0.717) is 0 Å². The van der Waals surface area contributed by atoms with Crippen LogP contribution in [0.4, 0.5) is 4.39 Å². The Hall–Kier alpha value is -2.93. The van der Waals surface area contributed by atoms with Crippen LogP contribution < -0.4 is 4.74 Å². The summed E-state index contributed by atoms with van der Waals surface area (Å²) in [7, 11) is 1.17. The molecule has 0 fully saturated rings. The number of esters is 1. The maximum absolute atomic E-state index is 13.2. The van der Waals surface area contributed by atoms with Gasteiger partial charge in [-0.3, -0.25) is 19.3 Å². The van der Waals surface area contributed by atoms with E-state index in [9.17, 15) is 18.8 Å². The molecule has 2 amide bonds. The SMILES string of the molecule is COC(=O)CN1C(=O)c2ccc(Oc3ccc(F)c(Cl)c3)cc2C1=O. The Morgan fingerprint density at radius 1 is 1.08 bits per heavy atom. The Balaban J connectivity index is 1.86. The summed E-state index contributed by atoms with van der Waals surface area (Å²) in [4.78, 5) is 36.7. The molecule has 128 valence electrons. The van der Waals surface area contributed by atoms with Crippen molar-refractivity contribution in [2.24, 2.45) is 0 Å². The average Bonchev–Trinajstić information content (AvgIpc) is 2.82. The molecule has 0 unspecified atom stereocenters. The molecule has 0 bridgehead atoms. The quantitative estimate of drug-likeness (QED) is 0.616. The van der Waals surface area contributed by atoms with Crippen LogP contribution in [0, 0.1) is 5.82 Å². The number of hydrogen-bond donors (Lipinski definition) is 0. The Morgan fingerprint density at radius 2 is 1.72 bits per heavy atom. The van der Waals surface area contributed by atoms with Gasteiger partial charge >= 0.3 is 5.97 Å². The molecule has 0 aromatic heterocycles. The van der Waals surface area contributed by atoms with Crippen LogP contribution in [-0.2, 0) is 9.53 Å². The van der Waals surface area contributed by atoms with Crippen LogP contribution in [0.1, 0.15) is 20.7 Å². The zero-order valence-corrected chi connectivity index (χ0v) is 13.7. The highest BCUT2D eigenvalue weighted by molar-refractivity contribution is 6.30. The molecular weight excluding hydrogens is 353 g/mol. The lowest BCUT2D eigenvalue weighted by Gasteiger charge is -2.11. The lowest BCUT2D eigenvalue weighted by molar-refractivity contribution is -0.140. The highest BCUT2D eigenvalue weighted by Crippen LogP contribution is 2.30. The molecule has 6 nitrogen and oxygen atoms in total. The lowest BCUT2D eigenvalue weighted by Crippen LogP contribution is -2.35. The first kappa shape index (κ1) is 16.9. The second-order valence-corrected chi connectivity index (χ2v) is 5.57. The molecule has 1 aliphatic rings. The minimum absolute atomic E-state index is 0.103. The van der Waals surface area contributed by atoms with Crippen LogP contribution >= 0.6 is 11.6 Å². The highest BCUT2D eigenvalue weighted by atomic mass is 35.5. The van der Waals surface area contributed by atoms with Crippen molar-refractivity contribution in [3.8, 4) is 11.5 Å². The van der Waals surface area contributed by atoms with Gasteiger partial charge in [0.2, 0.25) is 0 Å². The third kappa shape index (κ3) is 3.18. The lowest BCUT2D eigenvalue weighted by atomic mass is 10.1. The summed E-state index contributed by atoms with van der Waals surface area (Å²) >= 11 is 5.69. The fraction of sp³-hybridized carbons (Fsp3) is 0.118. The largest absolute Gasteiger partial charge is 0.468 e. The molecule has 3 rings (SSSR count). The van der Waals surface area contributed by atoms with Crippen molar-refractivity contribution in [3.05, 3.63) is 58.4 Å². The van der Waals surface area contributed by atoms with Crippen LogP contribution in [0.15, 0.2) is 36.4 Å². The van der Waals surface area contributed by atoms with Crippen LogP contribution in [0.25, 0.3) is 0 Å². The van der Waals surface area contributed by atoms with E-state index in [1.54, 1.807) is 0 Å². The predicted molar refractivity (Wildman–Crippen MR) is 85.3 cm³/mol. The van der Waals surface area contributed by atoms with Crippen LogP contribution in [0.3, 0.4) is 0 Å². The Morgan fingerprint density at radius 3 is 2.40 bits per heavy atom. The monoisotopic (exact) mass is 363 g/mol. The van der Waals surface area contributed by atoms with E-state index in [-0.39, 0.29) is 27.6 Å². The summed E-state index contributed by atoms with van der Waals surface area (Å²) in [5.74, 6) is -1.94. The number of fused-ring (bicyclic) bond motifs is 1. The van der Waals surface area contributed by atoms with Crippen molar-refractivity contribution >= 4 is 29.4 Å². The number of imide groups is 1. The molecule has 0 spiro atoms. The first-order valence-corrected chi connectivity index (χ1v) is 7.48. The molecule has 1 heterocycles. The number of amides is 2. The predicted octanol–water partition coefficient (Wildman–Crippen LogP) is 3.04. The van der Waals surface area contributed by atoms with Crippen molar-refractivity contribution < 1.29 is 28.2 Å². The number of carbonyl (C=O) groups excluding carboxylic acids is 3. The normalized spacial score (nSPS) is 13.0. The first-order chi connectivity index (χ1) is 11.9. The van der Waals surface area contributed by atoms with Gasteiger partial charge in [0.1, 0.15) is 23.9 Å². The van der Waals surface area contributed by atoms with E-state index in [1.165, 1.54) is 37.4 Å². The number of benzene rings is 2. The van der Waals surface area contributed by atoms with Crippen molar-refractivity contribution in [2.45, 2.75) is 0 Å². The molecule has 2 aromatic carbocycles. The molecular formula is C17H11ClFNO5. The van der Waals surface area contributed by atoms with Crippen molar-refractivity contribution in [1.29, 1.82) is 0 Å². The van der Waals surface area contributed by atoms with Gasteiger partial charge in [-0.15, -0.1) is 0 Å². The summed E-state index contributed by atoms with van der Waals surface area (Å²) < 4.78 is 23.2. The van der Waals surface area contributed by atoms with E-state index < -0.39 is 30.1 Å². The van der Waals surface area contributed by atoms with Gasteiger partial charge in [-0.05, 0) is 30.3 Å². The Bertz CT molecular complexity index is 899. The third-order valence-corrected chi connectivity index (χ3v) is 3.87. The summed E-state index contributed by atoms with van der Waals surface area (Å²) in [5, 5.41) is -0.103. The highest BCUT2D eigenvalue weighted by Gasteiger charge is 2.37. The Kier molecular flexibility index (Phi) is 4.41. The van der Waals surface area contributed by atoms with Gasteiger partial charge in [-0.1, -0.05) is 11.6 Å². The van der Waals surface area contributed by atoms with Crippen molar-refractivity contribution in [2.75, 3.05) is 13.7 Å². The summed E-state index contributed by atoms with van der Waals surface area (Å²) in [6.07, 6.45) is 0. The first-order valence-electron chi connectivity index (χ1n) is 7.10. The minimum atomic E-state index is -0.702. The number of nitrogens with zero attached hydrogens (tertiary/aromatic N) is 1. The zero-order chi connectivity index (χ0) is 18.1. The smallest absolute Gasteiger partial charge is 0.325 e. The van der Waals surface area contributed by atoms with E-state index >= 15 is 0 Å². The van der Waals surface area contributed by atoms with E-state index in [2.05, 4.69) is 4.74 Å². The van der Waals surface area contributed by atoms with E-state index in [4.69, 9.17) is 16.3 Å². The van der Waals surface area contributed by atoms with Gasteiger partial charge in [0.05, 0.1) is 23.3 Å². The van der Waals surface area contributed by atoms with Gasteiger partial charge in [-0.25, -0.2) is 4.39 Å². The molecule has 2 aromatic rings. The van der Waals surface area contributed by atoms with Crippen LogP contribution in [0.2, 0.25) is 5.02 Å². The molecule has 8 heteroatoms. The van der Waals surface area contributed by atoms with E-state index in [0.717, 1.165) is 11.0 Å². The van der Waals surface area contributed by atoms with Crippen molar-refractivity contribution in [3.63, 3.8) is 0 Å². The molecule has 25 heavy (non-hydrogen) atoms. The van der Waals surface area contributed by atoms with E-state index in [1.807, 2.05) is 0 Å². The van der Waals surface area contributed by atoms with Gasteiger partial charge in [0, 0.05) is 6.07 Å². The van der Waals surface area contributed by atoms with Gasteiger partial charge in [0.25, 0.3) is 11.8 Å². The molecule has 0 atom stereocenters. The van der Waals surface area contributed by atoms with Gasteiger partial charge in [0.15, 0.2) is 0 Å². The second-order valence-electron chi connectivity index (χ2n) is 5.16. The zero-order valence-electron chi connectivity index (χ0n) is 12.9. The molecule has 0 saturated carbocycles. The maximum Gasteiger partial charge on any atom is 0.325 e. The van der Waals surface area contributed by atoms with Gasteiger partial charge in [-0.2, -0.15) is 0 Å². The molecule has 0 N–H and O–H groups in total.